The van der Waals surface area contributed by atoms with Crippen LogP contribution in [0.3, 0.4) is 0 Å². The monoisotopic (exact) mass is 521 g/mol. The van der Waals surface area contributed by atoms with E-state index in [1.165, 1.54) is 15.9 Å². The van der Waals surface area contributed by atoms with Gasteiger partial charge >= 0.3 is 6.18 Å². The first-order valence-electron chi connectivity index (χ1n) is 10.7. The molecule has 1 aromatic heterocycles. The predicted octanol–water partition coefficient (Wildman–Crippen LogP) is 4.90. The number of alkyl halides is 3. The van der Waals surface area contributed by atoms with Gasteiger partial charge in [0.2, 0.25) is 5.43 Å². The second kappa shape index (κ2) is 8.53. The SMILES string of the molecule is C[C@@H](N1CN([C@@H]2c3ccccc3SCc3cccc(Cl)c32)n2ccc(=O)c(O)c2C1=O)C(F)(F)F. The van der Waals surface area contributed by atoms with Crippen molar-refractivity contribution in [1.29, 1.82) is 0 Å². The number of halogens is 4. The highest BCUT2D eigenvalue weighted by Crippen LogP contribution is 2.45. The van der Waals surface area contributed by atoms with E-state index >= 15 is 0 Å². The summed E-state index contributed by atoms with van der Waals surface area (Å²) in [4.78, 5) is 26.9. The smallest absolute Gasteiger partial charge is 0.408 e. The minimum Gasteiger partial charge on any atom is -0.502 e. The first-order valence-corrected chi connectivity index (χ1v) is 12.0. The molecule has 2 aliphatic rings. The highest BCUT2D eigenvalue weighted by Gasteiger charge is 2.47. The molecule has 0 spiro atoms. The Bertz CT molecular complexity index is 1390. The third kappa shape index (κ3) is 3.84. The third-order valence-electron chi connectivity index (χ3n) is 6.34. The van der Waals surface area contributed by atoms with Crippen LogP contribution in [0.15, 0.2) is 64.4 Å². The number of hydrogen-bond donors (Lipinski definition) is 1. The Labute approximate surface area is 207 Å². The van der Waals surface area contributed by atoms with E-state index in [-0.39, 0.29) is 0 Å². The van der Waals surface area contributed by atoms with E-state index in [4.69, 9.17) is 11.6 Å². The molecule has 0 saturated carbocycles. The molecule has 0 fully saturated rings. The average Bonchev–Trinajstić information content (AvgIpc) is 2.98. The van der Waals surface area contributed by atoms with Crippen LogP contribution < -0.4 is 10.4 Å². The van der Waals surface area contributed by atoms with Crippen molar-refractivity contribution in [1.82, 2.24) is 9.58 Å². The van der Waals surface area contributed by atoms with E-state index in [0.29, 0.717) is 21.2 Å². The molecule has 1 amide bonds. The number of rotatable bonds is 2. The molecular formula is C24H19ClF3N3O3S. The number of benzene rings is 2. The van der Waals surface area contributed by atoms with Crippen LogP contribution in [0.2, 0.25) is 5.02 Å². The van der Waals surface area contributed by atoms with Gasteiger partial charge in [-0.05, 0) is 30.2 Å². The van der Waals surface area contributed by atoms with Gasteiger partial charge in [0.1, 0.15) is 18.8 Å². The van der Waals surface area contributed by atoms with E-state index in [9.17, 15) is 27.9 Å². The summed E-state index contributed by atoms with van der Waals surface area (Å²) in [5.74, 6) is -1.41. The van der Waals surface area contributed by atoms with Gasteiger partial charge in [0.15, 0.2) is 11.4 Å². The third-order valence-corrected chi connectivity index (χ3v) is 7.81. The number of thioether (sulfide) groups is 1. The van der Waals surface area contributed by atoms with Crippen LogP contribution in [0.5, 0.6) is 5.75 Å². The van der Waals surface area contributed by atoms with E-state index < -0.39 is 47.7 Å². The molecule has 2 atom stereocenters. The molecule has 182 valence electrons. The largest absolute Gasteiger partial charge is 0.502 e. The summed E-state index contributed by atoms with van der Waals surface area (Å²) in [5.41, 5.74) is 0.971. The summed E-state index contributed by atoms with van der Waals surface area (Å²) in [6.07, 6.45) is -3.43. The summed E-state index contributed by atoms with van der Waals surface area (Å²) < 4.78 is 42.6. The minimum absolute atomic E-state index is 0.420. The zero-order chi connectivity index (χ0) is 25.1. The number of amides is 1. The minimum atomic E-state index is -4.72. The predicted molar refractivity (Wildman–Crippen MR) is 126 cm³/mol. The van der Waals surface area contributed by atoms with E-state index in [0.717, 1.165) is 29.0 Å². The number of carbonyl (C=O) groups excluding carboxylic acids is 1. The van der Waals surface area contributed by atoms with E-state index in [2.05, 4.69) is 0 Å². The topological polar surface area (TPSA) is 65.8 Å². The van der Waals surface area contributed by atoms with Gasteiger partial charge in [0.25, 0.3) is 5.91 Å². The van der Waals surface area contributed by atoms with Crippen molar-refractivity contribution in [3.8, 4) is 5.75 Å². The number of carbonyl (C=O) groups is 1. The van der Waals surface area contributed by atoms with Crippen LogP contribution in [0, 0.1) is 0 Å². The molecule has 0 unspecified atom stereocenters. The summed E-state index contributed by atoms with van der Waals surface area (Å²) in [7, 11) is 0. The molecule has 2 aliphatic heterocycles. The van der Waals surface area contributed by atoms with Crippen LogP contribution in [0.1, 0.15) is 40.1 Å². The van der Waals surface area contributed by atoms with E-state index in [1.807, 2.05) is 36.4 Å². The molecule has 1 N–H and O–H groups in total. The van der Waals surface area contributed by atoms with Gasteiger partial charge in [0.05, 0.1) is 0 Å². The molecule has 5 rings (SSSR count). The van der Waals surface area contributed by atoms with Crippen molar-refractivity contribution < 1.29 is 23.1 Å². The molecule has 0 radical (unpaired) electrons. The Morgan fingerprint density at radius 1 is 1.11 bits per heavy atom. The molecule has 6 nitrogen and oxygen atoms in total. The molecular weight excluding hydrogens is 503 g/mol. The number of aromatic hydroxyl groups is 1. The Morgan fingerprint density at radius 3 is 2.60 bits per heavy atom. The average molecular weight is 522 g/mol. The van der Waals surface area contributed by atoms with Crippen LogP contribution >= 0.6 is 23.4 Å². The van der Waals surface area contributed by atoms with Gasteiger partial charge in [-0.15, -0.1) is 11.8 Å². The molecule has 0 saturated heterocycles. The summed E-state index contributed by atoms with van der Waals surface area (Å²) in [6, 6.07) is 11.1. The maximum absolute atomic E-state index is 13.8. The molecule has 3 heterocycles. The summed E-state index contributed by atoms with van der Waals surface area (Å²) in [5, 5.41) is 12.5. The van der Waals surface area contributed by atoms with Crippen LogP contribution in [-0.2, 0) is 5.75 Å². The van der Waals surface area contributed by atoms with Crippen molar-refractivity contribution in [3.05, 3.63) is 92.4 Å². The second-order valence-corrected chi connectivity index (χ2v) is 9.76. The molecule has 0 aliphatic carbocycles. The number of hydrogen-bond acceptors (Lipinski definition) is 5. The lowest BCUT2D eigenvalue weighted by atomic mass is 9.94. The fourth-order valence-electron chi connectivity index (χ4n) is 4.51. The second-order valence-electron chi connectivity index (χ2n) is 8.34. The van der Waals surface area contributed by atoms with Crippen molar-refractivity contribution >= 4 is 29.3 Å². The Morgan fingerprint density at radius 2 is 1.86 bits per heavy atom. The lowest BCUT2D eigenvalue weighted by Gasteiger charge is -2.46. The Hall–Kier alpha value is -3.11. The van der Waals surface area contributed by atoms with Crippen molar-refractivity contribution in [2.45, 2.75) is 35.8 Å². The normalized spacial score (nSPS) is 18.4. The molecule has 11 heteroatoms. The summed E-state index contributed by atoms with van der Waals surface area (Å²) >= 11 is 8.25. The molecule has 3 aromatic rings. The van der Waals surface area contributed by atoms with Crippen molar-refractivity contribution in [2.75, 3.05) is 11.7 Å². The number of nitrogens with zero attached hydrogens (tertiary/aromatic N) is 3. The number of aromatic nitrogens is 1. The van der Waals surface area contributed by atoms with Gasteiger partial charge in [-0.3, -0.25) is 19.3 Å². The fraction of sp³-hybridized carbons (Fsp3) is 0.250. The van der Waals surface area contributed by atoms with Gasteiger partial charge in [0, 0.05) is 33.5 Å². The zero-order valence-electron chi connectivity index (χ0n) is 18.3. The molecule has 35 heavy (non-hydrogen) atoms. The standard InChI is InChI=1S/C24H19ClF3N3O3S/c1-13(24(26,27)28)29-12-31(30-10-9-17(32)22(33)21(30)23(29)34)20-15-6-2-3-8-18(15)35-11-14-5-4-7-16(25)19(14)20/h2-10,13,20,33H,11-12H2,1H3/t13-,20-/m1/s1. The van der Waals surface area contributed by atoms with E-state index in [1.54, 1.807) is 17.8 Å². The van der Waals surface area contributed by atoms with Crippen LogP contribution in [0.4, 0.5) is 13.2 Å². The first-order chi connectivity index (χ1) is 16.6. The Kier molecular flexibility index (Phi) is 5.76. The van der Waals surface area contributed by atoms with Gasteiger partial charge in [-0.2, -0.15) is 13.2 Å². The van der Waals surface area contributed by atoms with Crippen molar-refractivity contribution in [2.24, 2.45) is 0 Å². The maximum Gasteiger partial charge on any atom is 0.408 e. The quantitative estimate of drug-likeness (QED) is 0.519. The number of pyridine rings is 1. The zero-order valence-corrected chi connectivity index (χ0v) is 19.9. The highest BCUT2D eigenvalue weighted by molar-refractivity contribution is 7.98. The fourth-order valence-corrected chi connectivity index (χ4v) is 5.89. The molecule has 2 aromatic carbocycles. The van der Waals surface area contributed by atoms with Crippen LogP contribution in [-0.4, -0.2) is 39.5 Å². The highest BCUT2D eigenvalue weighted by atomic mass is 35.5. The molecule has 0 bridgehead atoms. The number of fused-ring (bicyclic) bond motifs is 3. The maximum atomic E-state index is 13.8. The lowest BCUT2D eigenvalue weighted by Crippen LogP contribution is -2.60. The lowest BCUT2D eigenvalue weighted by molar-refractivity contribution is -0.173. The van der Waals surface area contributed by atoms with Crippen molar-refractivity contribution in [3.63, 3.8) is 0 Å². The van der Waals surface area contributed by atoms with Gasteiger partial charge < -0.3 is 10.0 Å². The van der Waals surface area contributed by atoms with Crippen LogP contribution in [0.25, 0.3) is 0 Å². The first kappa shape index (κ1) is 23.6. The summed E-state index contributed by atoms with van der Waals surface area (Å²) in [6.45, 7) is 0.421. The Balaban J connectivity index is 1.80. The van der Waals surface area contributed by atoms with Gasteiger partial charge in [-0.1, -0.05) is 41.9 Å². The van der Waals surface area contributed by atoms with Gasteiger partial charge in [-0.25, -0.2) is 0 Å².